The van der Waals surface area contributed by atoms with E-state index in [0.717, 1.165) is 19.4 Å². The van der Waals surface area contributed by atoms with Crippen molar-refractivity contribution in [2.24, 2.45) is 0 Å². The van der Waals surface area contributed by atoms with Gasteiger partial charge in [0.1, 0.15) is 0 Å². The third kappa shape index (κ3) is 4.33. The van der Waals surface area contributed by atoms with Gasteiger partial charge in [-0.25, -0.2) is 0 Å². The van der Waals surface area contributed by atoms with E-state index in [0.29, 0.717) is 6.42 Å². The van der Waals surface area contributed by atoms with E-state index < -0.39 is 0 Å². The van der Waals surface area contributed by atoms with Crippen LogP contribution in [0.5, 0.6) is 0 Å². The Morgan fingerprint density at radius 3 is 2.68 bits per heavy atom. The molecule has 0 saturated heterocycles. The van der Waals surface area contributed by atoms with Crippen molar-refractivity contribution in [3.05, 3.63) is 35.4 Å². The SMILES string of the molecule is COC(C)CC(=O)NCC1(c2cccc(C)c2)CCCCC1. The number of amides is 1. The van der Waals surface area contributed by atoms with E-state index in [4.69, 9.17) is 4.74 Å². The van der Waals surface area contributed by atoms with Gasteiger partial charge in [-0.1, -0.05) is 49.1 Å². The molecular formula is C19H29NO2. The summed E-state index contributed by atoms with van der Waals surface area (Å²) in [5.74, 6) is 0.0898. The van der Waals surface area contributed by atoms with Gasteiger partial charge in [-0.3, -0.25) is 4.79 Å². The lowest BCUT2D eigenvalue weighted by atomic mass is 9.69. The fourth-order valence-electron chi connectivity index (χ4n) is 3.46. The first-order chi connectivity index (χ1) is 10.6. The number of methoxy groups -OCH3 is 1. The van der Waals surface area contributed by atoms with E-state index in [1.807, 2.05) is 6.92 Å². The summed E-state index contributed by atoms with van der Waals surface area (Å²) in [7, 11) is 1.65. The van der Waals surface area contributed by atoms with E-state index in [1.165, 1.54) is 30.4 Å². The summed E-state index contributed by atoms with van der Waals surface area (Å²) in [5, 5.41) is 3.16. The Hall–Kier alpha value is -1.35. The molecule has 1 N–H and O–H groups in total. The lowest BCUT2D eigenvalue weighted by Gasteiger charge is -2.38. The van der Waals surface area contributed by atoms with Crippen molar-refractivity contribution in [1.29, 1.82) is 0 Å². The molecule has 0 heterocycles. The third-order valence-corrected chi connectivity index (χ3v) is 4.94. The van der Waals surface area contributed by atoms with Gasteiger partial charge in [0, 0.05) is 19.1 Å². The van der Waals surface area contributed by atoms with Crippen LogP contribution in [0.2, 0.25) is 0 Å². The van der Waals surface area contributed by atoms with Crippen molar-refractivity contribution in [3.63, 3.8) is 0 Å². The van der Waals surface area contributed by atoms with Crippen LogP contribution in [0.25, 0.3) is 0 Å². The zero-order chi connectivity index (χ0) is 16.0. The molecule has 0 spiro atoms. The minimum atomic E-state index is -0.0266. The quantitative estimate of drug-likeness (QED) is 0.869. The number of hydrogen-bond donors (Lipinski definition) is 1. The molecule has 122 valence electrons. The first kappa shape index (κ1) is 17.0. The number of carbonyl (C=O) groups excluding carboxylic acids is 1. The minimum absolute atomic E-state index is 0.0266. The normalized spacial score (nSPS) is 18.7. The lowest BCUT2D eigenvalue weighted by molar-refractivity contribution is -0.123. The highest BCUT2D eigenvalue weighted by molar-refractivity contribution is 5.76. The van der Waals surface area contributed by atoms with Crippen molar-refractivity contribution in [2.45, 2.75) is 63.9 Å². The molecule has 1 fully saturated rings. The van der Waals surface area contributed by atoms with Gasteiger partial charge in [0.25, 0.3) is 0 Å². The highest BCUT2D eigenvalue weighted by Crippen LogP contribution is 2.39. The largest absolute Gasteiger partial charge is 0.381 e. The molecule has 22 heavy (non-hydrogen) atoms. The number of rotatable bonds is 6. The number of aryl methyl sites for hydroxylation is 1. The summed E-state index contributed by atoms with van der Waals surface area (Å²) < 4.78 is 5.18. The number of hydrogen-bond acceptors (Lipinski definition) is 2. The molecule has 1 aliphatic rings. The predicted molar refractivity (Wildman–Crippen MR) is 90.0 cm³/mol. The summed E-state index contributed by atoms with van der Waals surface area (Å²) in [5.41, 5.74) is 2.78. The molecule has 1 aromatic carbocycles. The summed E-state index contributed by atoms with van der Waals surface area (Å²) in [6.45, 7) is 4.81. The number of ether oxygens (including phenoxy) is 1. The van der Waals surface area contributed by atoms with E-state index in [2.05, 4.69) is 36.5 Å². The Labute approximate surface area is 134 Å². The van der Waals surface area contributed by atoms with E-state index >= 15 is 0 Å². The molecule has 2 rings (SSSR count). The molecule has 1 unspecified atom stereocenters. The summed E-state index contributed by atoms with van der Waals surface area (Å²) in [4.78, 5) is 12.1. The first-order valence-corrected chi connectivity index (χ1v) is 8.42. The highest BCUT2D eigenvalue weighted by Gasteiger charge is 2.34. The minimum Gasteiger partial charge on any atom is -0.381 e. The average molecular weight is 303 g/mol. The molecule has 0 aromatic heterocycles. The number of carbonyl (C=O) groups is 1. The maximum atomic E-state index is 12.1. The maximum absolute atomic E-state index is 12.1. The molecule has 1 atom stereocenters. The Bertz CT molecular complexity index is 492. The zero-order valence-corrected chi connectivity index (χ0v) is 14.2. The average Bonchev–Trinajstić information content (AvgIpc) is 2.54. The summed E-state index contributed by atoms with van der Waals surface area (Å²) in [6, 6.07) is 8.78. The first-order valence-electron chi connectivity index (χ1n) is 8.42. The molecule has 1 saturated carbocycles. The second-order valence-corrected chi connectivity index (χ2v) is 6.74. The van der Waals surface area contributed by atoms with Crippen molar-refractivity contribution >= 4 is 5.91 Å². The molecule has 1 aliphatic carbocycles. The Morgan fingerprint density at radius 2 is 2.05 bits per heavy atom. The molecule has 0 radical (unpaired) electrons. The number of nitrogens with one attached hydrogen (secondary N) is 1. The van der Waals surface area contributed by atoms with Gasteiger partial charge in [0.15, 0.2) is 0 Å². The molecule has 3 nitrogen and oxygen atoms in total. The van der Waals surface area contributed by atoms with E-state index in [-0.39, 0.29) is 17.4 Å². The standard InChI is InChI=1S/C19H29NO2/c1-15-8-7-9-17(12-15)19(10-5-4-6-11-19)14-20-18(21)13-16(2)22-3/h7-9,12,16H,4-6,10-11,13-14H2,1-3H3,(H,20,21). The van der Waals surface area contributed by atoms with Crippen LogP contribution in [-0.4, -0.2) is 25.7 Å². The second kappa shape index (κ2) is 7.77. The van der Waals surface area contributed by atoms with Crippen LogP contribution >= 0.6 is 0 Å². The van der Waals surface area contributed by atoms with Crippen LogP contribution in [0.3, 0.4) is 0 Å². The zero-order valence-electron chi connectivity index (χ0n) is 14.2. The van der Waals surface area contributed by atoms with Crippen molar-refractivity contribution in [1.82, 2.24) is 5.32 Å². The molecule has 1 aromatic rings. The predicted octanol–water partition coefficient (Wildman–Crippen LogP) is 3.74. The lowest BCUT2D eigenvalue weighted by Crippen LogP contribution is -2.42. The topological polar surface area (TPSA) is 38.3 Å². The van der Waals surface area contributed by atoms with Gasteiger partial charge in [-0.05, 0) is 32.3 Å². The van der Waals surface area contributed by atoms with Gasteiger partial charge in [-0.2, -0.15) is 0 Å². The van der Waals surface area contributed by atoms with Crippen LogP contribution in [-0.2, 0) is 14.9 Å². The van der Waals surface area contributed by atoms with Gasteiger partial charge < -0.3 is 10.1 Å². The van der Waals surface area contributed by atoms with Gasteiger partial charge in [-0.15, -0.1) is 0 Å². The van der Waals surface area contributed by atoms with E-state index in [9.17, 15) is 4.79 Å². The van der Waals surface area contributed by atoms with Crippen molar-refractivity contribution in [3.8, 4) is 0 Å². The van der Waals surface area contributed by atoms with Gasteiger partial charge in [0.05, 0.1) is 12.5 Å². The molecule has 3 heteroatoms. The molecule has 0 bridgehead atoms. The van der Waals surface area contributed by atoms with Crippen LogP contribution in [0.4, 0.5) is 0 Å². The smallest absolute Gasteiger partial charge is 0.222 e. The fraction of sp³-hybridized carbons (Fsp3) is 0.632. The Morgan fingerprint density at radius 1 is 1.32 bits per heavy atom. The Kier molecular flexibility index (Phi) is 6.01. The monoisotopic (exact) mass is 303 g/mol. The Balaban J connectivity index is 2.08. The molecule has 1 amide bonds. The number of benzene rings is 1. The van der Waals surface area contributed by atoms with Crippen LogP contribution < -0.4 is 5.32 Å². The van der Waals surface area contributed by atoms with Crippen LogP contribution in [0, 0.1) is 6.92 Å². The van der Waals surface area contributed by atoms with Crippen molar-refractivity contribution < 1.29 is 9.53 Å². The summed E-state index contributed by atoms with van der Waals surface area (Å²) >= 11 is 0. The molecular weight excluding hydrogens is 274 g/mol. The highest BCUT2D eigenvalue weighted by atomic mass is 16.5. The summed E-state index contributed by atoms with van der Waals surface area (Å²) in [6.07, 6.45) is 6.54. The molecule has 0 aliphatic heterocycles. The van der Waals surface area contributed by atoms with Crippen LogP contribution in [0.1, 0.15) is 56.6 Å². The van der Waals surface area contributed by atoms with Crippen LogP contribution in [0.15, 0.2) is 24.3 Å². The van der Waals surface area contributed by atoms with Crippen molar-refractivity contribution in [2.75, 3.05) is 13.7 Å². The fourth-order valence-corrected chi connectivity index (χ4v) is 3.46. The third-order valence-electron chi connectivity index (χ3n) is 4.94. The van der Waals surface area contributed by atoms with Gasteiger partial charge in [0.2, 0.25) is 5.91 Å². The maximum Gasteiger partial charge on any atom is 0.222 e. The van der Waals surface area contributed by atoms with E-state index in [1.54, 1.807) is 7.11 Å². The van der Waals surface area contributed by atoms with Gasteiger partial charge >= 0.3 is 0 Å². The second-order valence-electron chi connectivity index (χ2n) is 6.74.